The smallest absolute Gasteiger partial charge is 0.122 e. The SMILES string of the molecule is CC(C)c1cc(=S)n(CCCOc2ccccc2)[nH]1. The number of hydrogen-bond donors (Lipinski definition) is 1. The second kappa shape index (κ2) is 6.57. The van der Waals surface area contributed by atoms with Crippen LogP contribution in [-0.2, 0) is 6.54 Å². The molecule has 2 rings (SSSR count). The topological polar surface area (TPSA) is 29.9 Å². The van der Waals surface area contributed by atoms with Gasteiger partial charge < -0.3 is 9.84 Å². The van der Waals surface area contributed by atoms with Crippen LogP contribution in [0.15, 0.2) is 36.4 Å². The summed E-state index contributed by atoms with van der Waals surface area (Å²) in [7, 11) is 0. The van der Waals surface area contributed by atoms with Gasteiger partial charge in [0.25, 0.3) is 0 Å². The number of aryl methyl sites for hydroxylation is 1. The predicted octanol–water partition coefficient (Wildman–Crippen LogP) is 4.14. The van der Waals surface area contributed by atoms with Gasteiger partial charge in [-0.15, -0.1) is 0 Å². The van der Waals surface area contributed by atoms with E-state index in [9.17, 15) is 0 Å². The quantitative estimate of drug-likeness (QED) is 0.635. The van der Waals surface area contributed by atoms with Gasteiger partial charge in [-0.1, -0.05) is 44.3 Å². The summed E-state index contributed by atoms with van der Waals surface area (Å²) < 4.78 is 8.54. The molecule has 0 aliphatic heterocycles. The maximum Gasteiger partial charge on any atom is 0.122 e. The third kappa shape index (κ3) is 3.96. The van der Waals surface area contributed by atoms with Crippen LogP contribution in [0.3, 0.4) is 0 Å². The van der Waals surface area contributed by atoms with Gasteiger partial charge in [-0.05, 0) is 24.1 Å². The standard InChI is InChI=1S/C15H20N2OS/c1-12(2)14-11-15(19)17(16-14)9-6-10-18-13-7-4-3-5-8-13/h3-5,7-8,11-12,16H,6,9-10H2,1-2H3. The number of nitrogens with zero attached hydrogens (tertiary/aromatic N) is 1. The fourth-order valence-electron chi connectivity index (χ4n) is 1.85. The summed E-state index contributed by atoms with van der Waals surface area (Å²) in [6.07, 6.45) is 0.932. The van der Waals surface area contributed by atoms with E-state index in [1.54, 1.807) is 0 Å². The third-order valence-electron chi connectivity index (χ3n) is 2.97. The van der Waals surface area contributed by atoms with Gasteiger partial charge >= 0.3 is 0 Å². The highest BCUT2D eigenvalue weighted by atomic mass is 32.1. The van der Waals surface area contributed by atoms with Gasteiger partial charge in [0, 0.05) is 18.7 Å². The molecule has 2 aromatic rings. The molecule has 19 heavy (non-hydrogen) atoms. The Morgan fingerprint density at radius 1 is 1.26 bits per heavy atom. The van der Waals surface area contributed by atoms with Gasteiger partial charge in [0.05, 0.1) is 6.61 Å². The number of aromatic nitrogens is 2. The Kier molecular flexibility index (Phi) is 4.80. The third-order valence-corrected chi connectivity index (χ3v) is 3.31. The number of aromatic amines is 1. The van der Waals surface area contributed by atoms with Crippen LogP contribution in [-0.4, -0.2) is 16.4 Å². The molecule has 0 aliphatic carbocycles. The van der Waals surface area contributed by atoms with Gasteiger partial charge in [0.15, 0.2) is 0 Å². The van der Waals surface area contributed by atoms with Crippen molar-refractivity contribution in [3.63, 3.8) is 0 Å². The van der Waals surface area contributed by atoms with Crippen LogP contribution in [0.5, 0.6) is 5.75 Å². The minimum Gasteiger partial charge on any atom is -0.494 e. The van der Waals surface area contributed by atoms with E-state index in [1.807, 2.05) is 41.1 Å². The molecule has 1 aromatic carbocycles. The zero-order valence-electron chi connectivity index (χ0n) is 11.4. The minimum absolute atomic E-state index is 0.475. The normalized spacial score (nSPS) is 10.9. The number of rotatable bonds is 6. The zero-order chi connectivity index (χ0) is 13.7. The highest BCUT2D eigenvalue weighted by Gasteiger charge is 2.03. The van der Waals surface area contributed by atoms with Crippen molar-refractivity contribution in [3.8, 4) is 5.75 Å². The molecule has 3 nitrogen and oxygen atoms in total. The molecule has 0 saturated heterocycles. The molecule has 0 bridgehead atoms. The van der Waals surface area contributed by atoms with Crippen molar-refractivity contribution in [2.24, 2.45) is 0 Å². The summed E-state index contributed by atoms with van der Waals surface area (Å²) in [4.78, 5) is 0. The van der Waals surface area contributed by atoms with E-state index >= 15 is 0 Å². The van der Waals surface area contributed by atoms with E-state index in [1.165, 1.54) is 5.69 Å². The van der Waals surface area contributed by atoms with Gasteiger partial charge in [-0.3, -0.25) is 4.68 Å². The number of para-hydroxylation sites is 1. The summed E-state index contributed by atoms with van der Waals surface area (Å²) in [5.74, 6) is 1.39. The van der Waals surface area contributed by atoms with Crippen LogP contribution in [0, 0.1) is 4.64 Å². The number of nitrogens with one attached hydrogen (secondary N) is 1. The highest BCUT2D eigenvalue weighted by molar-refractivity contribution is 7.71. The van der Waals surface area contributed by atoms with Crippen LogP contribution in [0.2, 0.25) is 0 Å². The van der Waals surface area contributed by atoms with Crippen molar-refractivity contribution < 1.29 is 4.74 Å². The average molecular weight is 276 g/mol. The number of H-pyrrole nitrogens is 1. The van der Waals surface area contributed by atoms with E-state index in [0.717, 1.165) is 23.4 Å². The number of benzene rings is 1. The Morgan fingerprint density at radius 3 is 2.63 bits per heavy atom. The molecule has 0 amide bonds. The van der Waals surface area contributed by atoms with Crippen molar-refractivity contribution >= 4 is 12.2 Å². The Balaban J connectivity index is 1.81. The number of ether oxygens (including phenoxy) is 1. The first-order valence-electron chi connectivity index (χ1n) is 6.64. The lowest BCUT2D eigenvalue weighted by atomic mass is 10.1. The first-order valence-corrected chi connectivity index (χ1v) is 7.05. The molecule has 1 aromatic heterocycles. The molecule has 0 atom stereocenters. The van der Waals surface area contributed by atoms with Crippen molar-refractivity contribution in [2.75, 3.05) is 6.61 Å². The van der Waals surface area contributed by atoms with E-state index in [-0.39, 0.29) is 0 Å². The minimum atomic E-state index is 0.475. The zero-order valence-corrected chi connectivity index (χ0v) is 12.2. The summed E-state index contributed by atoms with van der Waals surface area (Å²) in [5, 5.41) is 3.34. The Bertz CT molecular complexity index is 557. The molecule has 0 spiro atoms. The molecule has 0 unspecified atom stereocenters. The highest BCUT2D eigenvalue weighted by Crippen LogP contribution is 2.12. The Hall–Kier alpha value is -1.55. The Morgan fingerprint density at radius 2 is 2.00 bits per heavy atom. The number of hydrogen-bond acceptors (Lipinski definition) is 2. The van der Waals surface area contributed by atoms with Crippen LogP contribution in [0.1, 0.15) is 31.9 Å². The first-order chi connectivity index (χ1) is 9.16. The van der Waals surface area contributed by atoms with Crippen molar-refractivity contribution in [3.05, 3.63) is 46.7 Å². The predicted molar refractivity (Wildman–Crippen MR) is 80.3 cm³/mol. The summed E-state index contributed by atoms with van der Waals surface area (Å²) in [6.45, 7) is 5.87. The summed E-state index contributed by atoms with van der Waals surface area (Å²) in [5.41, 5.74) is 1.19. The monoisotopic (exact) mass is 276 g/mol. The van der Waals surface area contributed by atoms with Gasteiger partial charge in [0.2, 0.25) is 0 Å². The molecule has 0 saturated carbocycles. The average Bonchev–Trinajstić information content (AvgIpc) is 2.78. The van der Waals surface area contributed by atoms with Gasteiger partial charge in [-0.25, -0.2) is 0 Å². The van der Waals surface area contributed by atoms with Crippen molar-refractivity contribution in [1.82, 2.24) is 9.78 Å². The molecular formula is C15H20N2OS. The van der Waals surface area contributed by atoms with Crippen molar-refractivity contribution in [1.29, 1.82) is 0 Å². The summed E-state index contributed by atoms with van der Waals surface area (Å²) in [6, 6.07) is 11.9. The van der Waals surface area contributed by atoms with Crippen LogP contribution < -0.4 is 4.74 Å². The molecule has 1 N–H and O–H groups in total. The lowest BCUT2D eigenvalue weighted by Gasteiger charge is -2.07. The fraction of sp³-hybridized carbons (Fsp3) is 0.400. The van der Waals surface area contributed by atoms with Crippen molar-refractivity contribution in [2.45, 2.75) is 32.7 Å². The Labute approximate surface area is 119 Å². The molecular weight excluding hydrogens is 256 g/mol. The van der Waals surface area contributed by atoms with Crippen LogP contribution in [0.4, 0.5) is 0 Å². The lowest BCUT2D eigenvalue weighted by molar-refractivity contribution is 0.298. The molecule has 1 heterocycles. The second-order valence-electron chi connectivity index (χ2n) is 4.87. The summed E-state index contributed by atoms with van der Waals surface area (Å²) >= 11 is 5.33. The first kappa shape index (κ1) is 13.9. The van der Waals surface area contributed by atoms with E-state index in [4.69, 9.17) is 17.0 Å². The van der Waals surface area contributed by atoms with E-state index in [2.05, 4.69) is 18.9 Å². The second-order valence-corrected chi connectivity index (χ2v) is 5.29. The molecule has 4 heteroatoms. The van der Waals surface area contributed by atoms with Gasteiger partial charge in [0.1, 0.15) is 10.4 Å². The van der Waals surface area contributed by atoms with Crippen LogP contribution >= 0.6 is 12.2 Å². The maximum absolute atomic E-state index is 5.66. The lowest BCUT2D eigenvalue weighted by Crippen LogP contribution is -2.06. The molecule has 102 valence electrons. The maximum atomic E-state index is 5.66. The molecule has 0 radical (unpaired) electrons. The largest absolute Gasteiger partial charge is 0.494 e. The van der Waals surface area contributed by atoms with Gasteiger partial charge in [-0.2, -0.15) is 0 Å². The fourth-order valence-corrected chi connectivity index (χ4v) is 2.11. The van der Waals surface area contributed by atoms with E-state index < -0.39 is 0 Å². The van der Waals surface area contributed by atoms with Crippen LogP contribution in [0.25, 0.3) is 0 Å². The molecule has 0 aliphatic rings. The molecule has 0 fully saturated rings. The van der Waals surface area contributed by atoms with E-state index in [0.29, 0.717) is 12.5 Å².